The smallest absolute Gasteiger partial charge is 0.303 e. The van der Waals surface area contributed by atoms with E-state index in [1.54, 1.807) is 36.8 Å². The van der Waals surface area contributed by atoms with Gasteiger partial charge < -0.3 is 90.0 Å². The Kier molecular flexibility index (Phi) is 14.7. The molecular formula is C45H48N12O15. The van der Waals surface area contributed by atoms with Crippen LogP contribution in [0.2, 0.25) is 0 Å². The van der Waals surface area contributed by atoms with E-state index < -0.39 is 103 Å². The average Bonchev–Trinajstić information content (AvgIpc) is 4.21. The second kappa shape index (κ2) is 20.4. The Balaban J connectivity index is 0.000000160. The third-order valence-electron chi connectivity index (χ3n) is 11.9. The zero-order valence-corrected chi connectivity index (χ0v) is 38.4. The highest BCUT2D eigenvalue weighted by molar-refractivity contribution is 5.87. The van der Waals surface area contributed by atoms with Gasteiger partial charge in [-0.05, 0) is 18.2 Å². The van der Waals surface area contributed by atoms with Crippen molar-refractivity contribution in [1.82, 2.24) is 43.6 Å². The van der Waals surface area contributed by atoms with E-state index >= 15 is 0 Å². The van der Waals surface area contributed by atoms with Crippen molar-refractivity contribution < 1.29 is 73.4 Å². The van der Waals surface area contributed by atoms with Crippen LogP contribution in [0.25, 0.3) is 33.1 Å². The molecule has 12 N–H and O–H groups in total. The predicted octanol–water partition coefficient (Wildman–Crippen LogP) is -2.40. The fourth-order valence-corrected chi connectivity index (χ4v) is 8.43. The van der Waals surface area contributed by atoms with Crippen LogP contribution < -0.4 is 17.2 Å². The first-order valence-corrected chi connectivity index (χ1v) is 21.4. The monoisotopic (exact) mass is 996 g/mol. The molecule has 27 heteroatoms. The van der Waals surface area contributed by atoms with Gasteiger partial charge in [0.15, 0.2) is 36.5 Å². The van der Waals surface area contributed by atoms with E-state index in [1.807, 2.05) is 0 Å². The molecule has 12 atom stereocenters. The topological polar surface area (TPSA) is 398 Å². The molecular weight excluding hydrogens is 949 g/mol. The summed E-state index contributed by atoms with van der Waals surface area (Å²) in [5, 5.41) is 63.0. The standard InChI is InChI=1S/C17H18N4O6.C15H16N4O5.C13H14N4O4/c1-4-17(24)13(26-10(3)23)12(7-25-9(2)22)27-16(17)21-6-5-11-14(18)19-8-20-15(11)21;1-3-15(22)11(23-8(2)21)10(6-20)24-14(15)19-5-4-9-12(16)17-7-18-13(9)19;1-2-13(20)9(19)8(5-18)21-12(13)17-4-3-7-10(14)15-6-16-11(7)17/h1,5-6,8,12-13,16,24H,7H2,2-3H3,(H2,18,19,20);1,4-5,7,10-11,14,20,22H,6H2,2H3,(H2,16,17,18);1,3-4,6,8-9,12,18-20H,5H2,(H2,14,15,16)/t12-,13-,16-,17-;10-,11-,14-,15-;8-,9-,12-,13-/m111/s1. The second-order valence-corrected chi connectivity index (χ2v) is 16.3. The molecule has 0 amide bonds. The van der Waals surface area contributed by atoms with Gasteiger partial charge in [0, 0.05) is 39.4 Å². The SMILES string of the molecule is C#C[C@@]1(O)[C@H](O)[C@@H](CO)O[C@H]1n1ccc2c(N)ncnc21.C#C[C@@]1(O)[C@H](OC(C)=O)[C@@H](CO)O[C@H]1n1ccc2c(N)ncnc21.C#C[C@@]1(O)[C@H](OC(C)=O)[C@@H](COC(C)=O)O[C@H]1n1ccc2c(N)ncnc21. The van der Waals surface area contributed by atoms with Gasteiger partial charge in [0.2, 0.25) is 11.2 Å². The lowest BCUT2D eigenvalue weighted by atomic mass is 9.94. The summed E-state index contributed by atoms with van der Waals surface area (Å²) in [6, 6.07) is 4.95. The molecule has 6 aromatic heterocycles. The van der Waals surface area contributed by atoms with Crippen molar-refractivity contribution in [2.75, 3.05) is 37.0 Å². The van der Waals surface area contributed by atoms with E-state index in [-0.39, 0.29) is 24.1 Å². The average molecular weight is 997 g/mol. The summed E-state index contributed by atoms with van der Waals surface area (Å²) in [6.07, 6.45) is 14.7. The van der Waals surface area contributed by atoms with Crippen molar-refractivity contribution in [3.63, 3.8) is 0 Å². The molecule has 0 bridgehead atoms. The Morgan fingerprint density at radius 3 is 1.29 bits per heavy atom. The van der Waals surface area contributed by atoms with Crippen LogP contribution in [0.4, 0.5) is 17.5 Å². The molecule has 3 aliphatic heterocycles. The van der Waals surface area contributed by atoms with Crippen molar-refractivity contribution >= 4 is 68.5 Å². The van der Waals surface area contributed by atoms with Gasteiger partial charge in [0.05, 0.1) is 29.4 Å². The summed E-state index contributed by atoms with van der Waals surface area (Å²) in [4.78, 5) is 58.0. The lowest BCUT2D eigenvalue weighted by Crippen LogP contribution is -2.48. The molecule has 3 fully saturated rings. The normalized spacial score (nSPS) is 29.5. The third kappa shape index (κ3) is 9.12. The van der Waals surface area contributed by atoms with E-state index in [9.17, 15) is 45.0 Å². The Morgan fingerprint density at radius 1 is 0.597 bits per heavy atom. The van der Waals surface area contributed by atoms with Gasteiger partial charge in [-0.1, -0.05) is 17.8 Å². The Hall–Kier alpha value is -8.01. The Bertz CT molecular complexity index is 3140. The van der Waals surface area contributed by atoms with E-state index in [4.69, 9.17) is 64.9 Å². The number of ether oxygens (including phenoxy) is 6. The number of aliphatic hydroxyl groups excluding tert-OH is 3. The summed E-state index contributed by atoms with van der Waals surface area (Å²) in [5.74, 6) is 5.52. The number of nitrogen functional groups attached to an aromatic ring is 3. The van der Waals surface area contributed by atoms with E-state index in [2.05, 4.69) is 47.7 Å². The molecule has 378 valence electrons. The summed E-state index contributed by atoms with van der Waals surface area (Å²) in [6.45, 7) is 2.35. The van der Waals surface area contributed by atoms with Crippen LogP contribution in [0.1, 0.15) is 39.5 Å². The second-order valence-electron chi connectivity index (χ2n) is 16.3. The maximum absolute atomic E-state index is 11.5. The highest BCUT2D eigenvalue weighted by atomic mass is 16.6. The van der Waals surface area contributed by atoms with Crippen molar-refractivity contribution in [2.45, 2.75) is 92.9 Å². The number of nitrogens with two attached hydrogens (primary N) is 3. The van der Waals surface area contributed by atoms with Gasteiger partial charge in [-0.15, -0.1) is 19.3 Å². The van der Waals surface area contributed by atoms with Crippen LogP contribution in [0.5, 0.6) is 0 Å². The quantitative estimate of drug-likeness (QED) is 0.0414. The molecule has 27 nitrogen and oxygen atoms in total. The highest BCUT2D eigenvalue weighted by Gasteiger charge is 2.60. The number of aromatic nitrogens is 9. The molecule has 9 rings (SSSR count). The van der Waals surface area contributed by atoms with Crippen molar-refractivity contribution in [3.8, 4) is 37.0 Å². The molecule has 0 radical (unpaired) electrons. The van der Waals surface area contributed by atoms with E-state index in [0.29, 0.717) is 33.1 Å². The number of nitrogens with zero attached hydrogens (tertiary/aromatic N) is 9. The molecule has 72 heavy (non-hydrogen) atoms. The van der Waals surface area contributed by atoms with Crippen LogP contribution in [-0.2, 0) is 42.8 Å². The molecule has 6 aromatic rings. The lowest BCUT2D eigenvalue weighted by Gasteiger charge is -2.28. The van der Waals surface area contributed by atoms with E-state index in [1.165, 1.54) is 53.5 Å². The minimum absolute atomic E-state index is 0.244. The van der Waals surface area contributed by atoms with Crippen LogP contribution in [0.3, 0.4) is 0 Å². The number of rotatable bonds is 9. The van der Waals surface area contributed by atoms with Crippen LogP contribution in [-0.4, -0.2) is 165 Å². The number of terminal acetylenes is 3. The lowest BCUT2D eigenvalue weighted by molar-refractivity contribution is -0.160. The minimum Gasteiger partial charge on any atom is -0.463 e. The molecule has 9 heterocycles. The number of esters is 3. The summed E-state index contributed by atoms with van der Waals surface area (Å²) >= 11 is 0. The highest BCUT2D eigenvalue weighted by Crippen LogP contribution is 2.44. The molecule has 3 aliphatic rings. The molecule has 0 aliphatic carbocycles. The number of hydrogen-bond donors (Lipinski definition) is 9. The zero-order valence-electron chi connectivity index (χ0n) is 38.4. The number of carbonyl (C=O) groups is 3. The molecule has 0 aromatic carbocycles. The molecule has 0 spiro atoms. The number of carbonyl (C=O) groups excluding carboxylic acids is 3. The van der Waals surface area contributed by atoms with Gasteiger partial charge in [0.1, 0.15) is 84.4 Å². The van der Waals surface area contributed by atoms with Crippen molar-refractivity contribution in [3.05, 3.63) is 55.8 Å². The maximum Gasteiger partial charge on any atom is 0.303 e. The number of fused-ring (bicyclic) bond motifs is 3. The van der Waals surface area contributed by atoms with Crippen molar-refractivity contribution in [1.29, 1.82) is 0 Å². The number of aliphatic hydroxyl groups is 6. The third-order valence-corrected chi connectivity index (χ3v) is 11.9. The van der Waals surface area contributed by atoms with Crippen LogP contribution in [0, 0.1) is 37.0 Å². The van der Waals surface area contributed by atoms with Gasteiger partial charge in [-0.25, -0.2) is 29.9 Å². The van der Waals surface area contributed by atoms with Crippen LogP contribution >= 0.6 is 0 Å². The first kappa shape index (κ1) is 51.8. The molecule has 0 saturated carbocycles. The van der Waals surface area contributed by atoms with Gasteiger partial charge >= 0.3 is 17.9 Å². The molecule has 0 unspecified atom stereocenters. The van der Waals surface area contributed by atoms with Crippen LogP contribution in [0.15, 0.2) is 55.8 Å². The number of hydrogen-bond acceptors (Lipinski definition) is 24. The summed E-state index contributed by atoms with van der Waals surface area (Å²) in [5.41, 5.74) is 12.5. The predicted molar refractivity (Wildman–Crippen MR) is 247 cm³/mol. The van der Waals surface area contributed by atoms with E-state index in [0.717, 1.165) is 0 Å². The first-order chi connectivity index (χ1) is 34.2. The molecule has 3 saturated heterocycles. The largest absolute Gasteiger partial charge is 0.463 e. The summed E-state index contributed by atoms with van der Waals surface area (Å²) in [7, 11) is 0. The Morgan fingerprint density at radius 2 is 0.944 bits per heavy atom. The number of anilines is 3. The van der Waals surface area contributed by atoms with Gasteiger partial charge in [0.25, 0.3) is 0 Å². The fourth-order valence-electron chi connectivity index (χ4n) is 8.43. The summed E-state index contributed by atoms with van der Waals surface area (Å²) < 4.78 is 36.7. The Labute approximate surface area is 407 Å². The minimum atomic E-state index is -2.04. The maximum atomic E-state index is 11.5. The fraction of sp³-hybridized carbons (Fsp3) is 0.400. The van der Waals surface area contributed by atoms with Gasteiger partial charge in [-0.2, -0.15) is 0 Å². The zero-order chi connectivity index (χ0) is 52.4. The van der Waals surface area contributed by atoms with Crippen molar-refractivity contribution in [2.24, 2.45) is 0 Å². The first-order valence-electron chi connectivity index (χ1n) is 21.4. The van der Waals surface area contributed by atoms with Gasteiger partial charge in [-0.3, -0.25) is 14.4 Å².